The Morgan fingerprint density at radius 1 is 0.933 bits per heavy atom. The average Bonchev–Trinajstić information content (AvgIpc) is 2.26. The van der Waals surface area contributed by atoms with E-state index in [1.807, 2.05) is 55.5 Å². The van der Waals surface area contributed by atoms with Gasteiger partial charge in [-0.3, -0.25) is 0 Å². The summed E-state index contributed by atoms with van der Waals surface area (Å²) in [5, 5.41) is 0.668. The molecule has 0 bridgehead atoms. The molecule has 1 nitrogen and oxygen atoms in total. The van der Waals surface area contributed by atoms with E-state index in [0.29, 0.717) is 10.8 Å². The van der Waals surface area contributed by atoms with Gasteiger partial charge in [0.1, 0.15) is 11.5 Å². The Morgan fingerprint density at radius 2 is 1.67 bits per heavy atom. The molecule has 2 aromatic carbocycles. The van der Waals surface area contributed by atoms with E-state index in [-0.39, 0.29) is 0 Å². The minimum atomic E-state index is 0.668. The van der Waals surface area contributed by atoms with Gasteiger partial charge in [0.2, 0.25) is 0 Å². The topological polar surface area (TPSA) is 9.23 Å². The van der Waals surface area contributed by atoms with Gasteiger partial charge in [0, 0.05) is 0 Å². The first-order chi connectivity index (χ1) is 7.27. The minimum absolute atomic E-state index is 0.668. The largest absolute Gasteiger partial charge is 0.456 e. The van der Waals surface area contributed by atoms with E-state index in [4.69, 9.17) is 16.3 Å². The molecule has 0 aliphatic carbocycles. The second-order valence-corrected chi connectivity index (χ2v) is 3.68. The Bertz CT molecular complexity index is 451. The van der Waals surface area contributed by atoms with E-state index in [9.17, 15) is 0 Å². The highest BCUT2D eigenvalue weighted by molar-refractivity contribution is 6.32. The highest BCUT2D eigenvalue weighted by atomic mass is 35.5. The average molecular weight is 219 g/mol. The first kappa shape index (κ1) is 10.1. The van der Waals surface area contributed by atoms with Crippen LogP contribution in [0, 0.1) is 6.92 Å². The Labute approximate surface area is 94.3 Å². The van der Waals surface area contributed by atoms with Crippen molar-refractivity contribution < 1.29 is 4.74 Å². The number of aryl methyl sites for hydroxylation is 1. The quantitative estimate of drug-likeness (QED) is 0.724. The maximum absolute atomic E-state index is 6.12. The van der Waals surface area contributed by atoms with Crippen LogP contribution in [0.4, 0.5) is 0 Å². The predicted octanol–water partition coefficient (Wildman–Crippen LogP) is 4.44. The highest BCUT2D eigenvalue weighted by Gasteiger charge is 2.04. The van der Waals surface area contributed by atoms with Gasteiger partial charge >= 0.3 is 0 Å². The lowest BCUT2D eigenvalue weighted by atomic mass is 10.2. The Hall–Kier alpha value is -1.47. The van der Waals surface area contributed by atoms with Crippen LogP contribution in [-0.2, 0) is 0 Å². The molecule has 0 N–H and O–H groups in total. The van der Waals surface area contributed by atoms with Crippen molar-refractivity contribution in [3.05, 3.63) is 59.1 Å². The zero-order valence-electron chi connectivity index (χ0n) is 8.41. The normalized spacial score (nSPS) is 10.0. The van der Waals surface area contributed by atoms with Gasteiger partial charge in [0.05, 0.1) is 5.02 Å². The maximum atomic E-state index is 6.12. The molecule has 15 heavy (non-hydrogen) atoms. The molecular formula is C13H11ClO. The molecule has 0 amide bonds. The van der Waals surface area contributed by atoms with Gasteiger partial charge in [0.25, 0.3) is 0 Å². The van der Waals surface area contributed by atoms with Crippen LogP contribution in [0.5, 0.6) is 11.5 Å². The van der Waals surface area contributed by atoms with Crippen molar-refractivity contribution in [2.75, 3.05) is 0 Å². The summed E-state index contributed by atoms with van der Waals surface area (Å²) in [6.45, 7) is 1.96. The van der Waals surface area contributed by atoms with Crippen molar-refractivity contribution in [2.24, 2.45) is 0 Å². The van der Waals surface area contributed by atoms with Gasteiger partial charge in [-0.25, -0.2) is 0 Å². The van der Waals surface area contributed by atoms with Crippen LogP contribution in [0.2, 0.25) is 5.02 Å². The molecule has 0 saturated carbocycles. The molecule has 2 heteroatoms. The number of rotatable bonds is 2. The summed E-state index contributed by atoms with van der Waals surface area (Å²) in [5.74, 6) is 1.49. The molecule has 0 heterocycles. The lowest BCUT2D eigenvalue weighted by molar-refractivity contribution is 0.482. The summed E-state index contributed by atoms with van der Waals surface area (Å²) < 4.78 is 5.66. The van der Waals surface area contributed by atoms with Crippen LogP contribution >= 0.6 is 11.6 Å². The Morgan fingerprint density at radius 3 is 2.40 bits per heavy atom. The van der Waals surface area contributed by atoms with E-state index < -0.39 is 0 Å². The number of para-hydroxylation sites is 1. The third-order valence-electron chi connectivity index (χ3n) is 2.13. The zero-order chi connectivity index (χ0) is 10.7. The van der Waals surface area contributed by atoms with Crippen LogP contribution in [0.25, 0.3) is 0 Å². The summed E-state index contributed by atoms with van der Waals surface area (Å²) in [5.41, 5.74) is 1.02. The van der Waals surface area contributed by atoms with Crippen LogP contribution < -0.4 is 4.74 Å². The monoisotopic (exact) mass is 218 g/mol. The molecule has 0 unspecified atom stereocenters. The summed E-state index contributed by atoms with van der Waals surface area (Å²) in [6, 6.07) is 15.4. The lowest BCUT2D eigenvalue weighted by Crippen LogP contribution is -1.86. The molecule has 0 aliphatic heterocycles. The predicted molar refractivity (Wildman–Crippen MR) is 62.7 cm³/mol. The van der Waals surface area contributed by atoms with Gasteiger partial charge in [-0.15, -0.1) is 0 Å². The van der Waals surface area contributed by atoms with Crippen molar-refractivity contribution in [3.8, 4) is 11.5 Å². The first-order valence-corrected chi connectivity index (χ1v) is 5.13. The van der Waals surface area contributed by atoms with E-state index in [1.165, 1.54) is 0 Å². The van der Waals surface area contributed by atoms with Gasteiger partial charge in [-0.2, -0.15) is 0 Å². The van der Waals surface area contributed by atoms with Crippen molar-refractivity contribution in [2.45, 2.75) is 6.92 Å². The van der Waals surface area contributed by atoms with Crippen LogP contribution in [0.3, 0.4) is 0 Å². The molecular weight excluding hydrogens is 208 g/mol. The van der Waals surface area contributed by atoms with E-state index in [2.05, 4.69) is 0 Å². The van der Waals surface area contributed by atoms with Crippen molar-refractivity contribution >= 4 is 11.6 Å². The second kappa shape index (κ2) is 4.37. The summed E-state index contributed by atoms with van der Waals surface area (Å²) in [6.07, 6.45) is 0. The van der Waals surface area contributed by atoms with Crippen LogP contribution in [0.1, 0.15) is 5.56 Å². The lowest BCUT2D eigenvalue weighted by Gasteiger charge is -2.08. The molecule has 2 rings (SSSR count). The number of benzene rings is 2. The van der Waals surface area contributed by atoms with E-state index >= 15 is 0 Å². The van der Waals surface area contributed by atoms with Gasteiger partial charge < -0.3 is 4.74 Å². The molecule has 0 atom stereocenters. The maximum Gasteiger partial charge on any atom is 0.146 e. The van der Waals surface area contributed by atoms with Crippen LogP contribution in [-0.4, -0.2) is 0 Å². The van der Waals surface area contributed by atoms with Crippen molar-refractivity contribution in [1.29, 1.82) is 0 Å². The molecule has 0 aromatic heterocycles. The molecule has 2 aromatic rings. The first-order valence-electron chi connectivity index (χ1n) is 4.75. The number of halogens is 1. The molecule has 0 saturated heterocycles. The number of hydrogen-bond donors (Lipinski definition) is 0. The number of ether oxygens (including phenoxy) is 1. The summed E-state index contributed by atoms with van der Waals surface area (Å²) >= 11 is 6.12. The molecule has 0 aliphatic rings. The molecule has 76 valence electrons. The fourth-order valence-corrected chi connectivity index (χ4v) is 1.48. The standard InChI is InChI=1S/C13H11ClO/c1-10-6-5-9-12(13(10)14)15-11-7-3-2-4-8-11/h2-9H,1H3. The molecule has 0 spiro atoms. The Kier molecular flexibility index (Phi) is 2.93. The van der Waals surface area contributed by atoms with Gasteiger partial charge in [-0.1, -0.05) is 41.9 Å². The zero-order valence-corrected chi connectivity index (χ0v) is 9.16. The SMILES string of the molecule is Cc1cccc(Oc2ccccc2)c1Cl. The fraction of sp³-hybridized carbons (Fsp3) is 0.0769. The smallest absolute Gasteiger partial charge is 0.146 e. The Balaban J connectivity index is 2.29. The van der Waals surface area contributed by atoms with Crippen molar-refractivity contribution in [3.63, 3.8) is 0 Å². The molecule has 0 fully saturated rings. The minimum Gasteiger partial charge on any atom is -0.456 e. The third-order valence-corrected chi connectivity index (χ3v) is 2.61. The molecule has 0 radical (unpaired) electrons. The summed E-state index contributed by atoms with van der Waals surface area (Å²) in [7, 11) is 0. The van der Waals surface area contributed by atoms with Gasteiger partial charge in [0.15, 0.2) is 0 Å². The summed E-state index contributed by atoms with van der Waals surface area (Å²) in [4.78, 5) is 0. The van der Waals surface area contributed by atoms with Crippen molar-refractivity contribution in [1.82, 2.24) is 0 Å². The van der Waals surface area contributed by atoms with E-state index in [1.54, 1.807) is 0 Å². The highest BCUT2D eigenvalue weighted by Crippen LogP contribution is 2.31. The van der Waals surface area contributed by atoms with E-state index in [0.717, 1.165) is 11.3 Å². The third kappa shape index (κ3) is 2.31. The van der Waals surface area contributed by atoms with Gasteiger partial charge in [-0.05, 0) is 30.7 Å². The van der Waals surface area contributed by atoms with Crippen LogP contribution in [0.15, 0.2) is 48.5 Å². The fourth-order valence-electron chi connectivity index (χ4n) is 1.31. The number of hydrogen-bond acceptors (Lipinski definition) is 1. The second-order valence-electron chi connectivity index (χ2n) is 3.30.